The van der Waals surface area contributed by atoms with Crippen molar-refractivity contribution >= 4 is 6.21 Å². The second-order valence-corrected chi connectivity index (χ2v) is 7.32. The molecule has 0 aliphatic carbocycles. The molecular weight excluding hydrogens is 294 g/mol. The van der Waals surface area contributed by atoms with Gasteiger partial charge in [0, 0.05) is 23.4 Å². The third kappa shape index (κ3) is 4.25. The Morgan fingerprint density at radius 3 is 2.25 bits per heavy atom. The van der Waals surface area contributed by atoms with Gasteiger partial charge in [0.05, 0.1) is 6.61 Å². The van der Waals surface area contributed by atoms with E-state index in [9.17, 15) is 0 Å². The lowest BCUT2D eigenvalue weighted by Gasteiger charge is -2.25. The average Bonchev–Trinajstić information content (AvgIpc) is 2.53. The Balaban J connectivity index is 2.74. The van der Waals surface area contributed by atoms with Crippen molar-refractivity contribution in [1.82, 2.24) is 0 Å². The van der Waals surface area contributed by atoms with E-state index in [2.05, 4.69) is 76.0 Å². The van der Waals surface area contributed by atoms with E-state index in [1.807, 2.05) is 19.2 Å². The molecule has 0 bridgehead atoms. The lowest BCUT2D eigenvalue weighted by Crippen LogP contribution is -2.15. The predicted molar refractivity (Wildman–Crippen MR) is 104 cm³/mol. The number of rotatable bonds is 5. The third-order valence-corrected chi connectivity index (χ3v) is 3.88. The first kappa shape index (κ1) is 18.3. The Morgan fingerprint density at radius 2 is 1.71 bits per heavy atom. The molecule has 128 valence electrons. The zero-order valence-electron chi connectivity index (χ0n) is 15.8. The van der Waals surface area contributed by atoms with E-state index >= 15 is 0 Å². The van der Waals surface area contributed by atoms with Gasteiger partial charge >= 0.3 is 0 Å². The summed E-state index contributed by atoms with van der Waals surface area (Å²) >= 11 is 0. The van der Waals surface area contributed by atoms with Crippen LogP contribution in [0.4, 0.5) is 0 Å². The largest absolute Gasteiger partial charge is 0.493 e. The van der Waals surface area contributed by atoms with Crippen molar-refractivity contribution in [3.63, 3.8) is 0 Å². The van der Waals surface area contributed by atoms with Gasteiger partial charge in [0.1, 0.15) is 5.75 Å². The Labute approximate surface area is 146 Å². The van der Waals surface area contributed by atoms with Gasteiger partial charge in [0.15, 0.2) is 0 Å². The highest BCUT2D eigenvalue weighted by Gasteiger charge is 2.23. The van der Waals surface area contributed by atoms with Crippen molar-refractivity contribution in [2.24, 2.45) is 4.99 Å². The Bertz CT molecular complexity index is 694. The number of hydrogen-bond acceptors (Lipinski definition) is 2. The fraction of sp³-hybridized carbons (Fsp3) is 0.409. The van der Waals surface area contributed by atoms with Gasteiger partial charge in [0.25, 0.3) is 0 Å². The van der Waals surface area contributed by atoms with Crippen LogP contribution < -0.4 is 4.74 Å². The molecule has 0 radical (unpaired) electrons. The van der Waals surface area contributed by atoms with Crippen LogP contribution in [0.25, 0.3) is 11.1 Å². The van der Waals surface area contributed by atoms with E-state index < -0.39 is 0 Å². The molecule has 0 saturated carbocycles. The molecule has 2 aromatic rings. The lowest BCUT2D eigenvalue weighted by molar-refractivity contribution is 0.329. The molecule has 0 aromatic heterocycles. The van der Waals surface area contributed by atoms with Crippen molar-refractivity contribution in [3.8, 4) is 16.9 Å². The number of hydrogen-bond donors (Lipinski definition) is 0. The predicted octanol–water partition coefficient (Wildman–Crippen LogP) is 5.88. The summed E-state index contributed by atoms with van der Waals surface area (Å²) in [6.45, 7) is 13.5. The standard InChI is InChI=1S/C22H29NO/c1-7-24-21-19(15-23-16(2)3)18(17-11-9-8-10-12-17)13-14-20(21)22(4,5)6/h8-16H,7H2,1-6H3. The van der Waals surface area contributed by atoms with E-state index in [0.29, 0.717) is 6.61 Å². The molecule has 0 N–H and O–H groups in total. The molecule has 2 rings (SSSR count). The molecule has 0 heterocycles. The minimum absolute atomic E-state index is 0.0140. The first-order valence-corrected chi connectivity index (χ1v) is 8.73. The van der Waals surface area contributed by atoms with Crippen molar-refractivity contribution in [3.05, 3.63) is 53.6 Å². The van der Waals surface area contributed by atoms with E-state index in [-0.39, 0.29) is 11.5 Å². The molecule has 0 saturated heterocycles. The molecule has 24 heavy (non-hydrogen) atoms. The topological polar surface area (TPSA) is 21.6 Å². The summed E-state index contributed by atoms with van der Waals surface area (Å²) in [4.78, 5) is 4.64. The highest BCUT2D eigenvalue weighted by Crippen LogP contribution is 2.38. The van der Waals surface area contributed by atoms with Gasteiger partial charge in [-0.1, -0.05) is 63.2 Å². The van der Waals surface area contributed by atoms with Gasteiger partial charge in [-0.05, 0) is 37.3 Å². The van der Waals surface area contributed by atoms with Gasteiger partial charge in [0.2, 0.25) is 0 Å². The SMILES string of the molecule is CCOc1c(C(C)(C)C)ccc(-c2ccccc2)c1C=NC(C)C. The molecule has 2 nitrogen and oxygen atoms in total. The summed E-state index contributed by atoms with van der Waals surface area (Å²) in [7, 11) is 0. The molecular formula is C22H29NO. The second kappa shape index (κ2) is 7.65. The molecule has 0 aliphatic rings. The number of benzene rings is 2. The van der Waals surface area contributed by atoms with E-state index in [1.165, 1.54) is 11.1 Å². The number of aliphatic imine (C=N–C) groups is 1. The van der Waals surface area contributed by atoms with Crippen LogP contribution in [0.5, 0.6) is 5.75 Å². The molecule has 0 spiro atoms. The molecule has 0 amide bonds. The normalized spacial score (nSPS) is 12.1. The van der Waals surface area contributed by atoms with Crippen LogP contribution >= 0.6 is 0 Å². The van der Waals surface area contributed by atoms with E-state index in [0.717, 1.165) is 16.9 Å². The zero-order chi connectivity index (χ0) is 17.7. The monoisotopic (exact) mass is 323 g/mol. The molecule has 2 aromatic carbocycles. The Hall–Kier alpha value is -2.09. The fourth-order valence-electron chi connectivity index (χ4n) is 2.71. The van der Waals surface area contributed by atoms with Crippen molar-refractivity contribution in [2.75, 3.05) is 6.61 Å². The van der Waals surface area contributed by atoms with Crippen molar-refractivity contribution in [2.45, 2.75) is 53.0 Å². The van der Waals surface area contributed by atoms with Gasteiger partial charge in [-0.25, -0.2) is 0 Å². The summed E-state index contributed by atoms with van der Waals surface area (Å²) < 4.78 is 6.10. The first-order valence-electron chi connectivity index (χ1n) is 8.73. The number of nitrogens with zero attached hydrogens (tertiary/aromatic N) is 1. The van der Waals surface area contributed by atoms with Crippen molar-refractivity contribution in [1.29, 1.82) is 0 Å². The lowest BCUT2D eigenvalue weighted by atomic mass is 9.83. The molecule has 2 heteroatoms. The van der Waals surface area contributed by atoms with Crippen LogP contribution in [-0.2, 0) is 5.41 Å². The average molecular weight is 323 g/mol. The van der Waals surface area contributed by atoms with Crippen LogP contribution in [0, 0.1) is 0 Å². The minimum Gasteiger partial charge on any atom is -0.493 e. The maximum absolute atomic E-state index is 6.10. The smallest absolute Gasteiger partial charge is 0.132 e. The third-order valence-electron chi connectivity index (χ3n) is 3.88. The highest BCUT2D eigenvalue weighted by molar-refractivity contribution is 5.94. The fourth-order valence-corrected chi connectivity index (χ4v) is 2.71. The van der Waals surface area contributed by atoms with Crippen LogP contribution in [-0.4, -0.2) is 18.9 Å². The maximum atomic E-state index is 6.10. The molecule has 0 aliphatic heterocycles. The highest BCUT2D eigenvalue weighted by atomic mass is 16.5. The Kier molecular flexibility index (Phi) is 5.82. The minimum atomic E-state index is 0.0140. The summed E-state index contributed by atoms with van der Waals surface area (Å²) in [6, 6.07) is 15.1. The molecule has 0 fully saturated rings. The van der Waals surface area contributed by atoms with E-state index in [4.69, 9.17) is 4.74 Å². The quantitative estimate of drug-likeness (QED) is 0.630. The van der Waals surface area contributed by atoms with Crippen LogP contribution in [0.3, 0.4) is 0 Å². The van der Waals surface area contributed by atoms with Gasteiger partial charge in [-0.3, -0.25) is 4.99 Å². The van der Waals surface area contributed by atoms with Crippen LogP contribution in [0.1, 0.15) is 52.7 Å². The van der Waals surface area contributed by atoms with Crippen LogP contribution in [0.15, 0.2) is 47.5 Å². The summed E-state index contributed by atoms with van der Waals surface area (Å²) in [6.07, 6.45) is 1.98. The van der Waals surface area contributed by atoms with E-state index in [1.54, 1.807) is 0 Å². The Morgan fingerprint density at radius 1 is 1.04 bits per heavy atom. The first-order chi connectivity index (χ1) is 11.3. The van der Waals surface area contributed by atoms with Crippen LogP contribution in [0.2, 0.25) is 0 Å². The second-order valence-electron chi connectivity index (χ2n) is 7.32. The van der Waals surface area contributed by atoms with Gasteiger partial charge < -0.3 is 4.74 Å². The summed E-state index contributed by atoms with van der Waals surface area (Å²) in [5.41, 5.74) is 4.65. The number of ether oxygens (including phenoxy) is 1. The maximum Gasteiger partial charge on any atom is 0.132 e. The van der Waals surface area contributed by atoms with Gasteiger partial charge in [-0.2, -0.15) is 0 Å². The van der Waals surface area contributed by atoms with Crippen molar-refractivity contribution < 1.29 is 4.74 Å². The summed E-state index contributed by atoms with van der Waals surface area (Å²) in [5, 5.41) is 0. The van der Waals surface area contributed by atoms with Gasteiger partial charge in [-0.15, -0.1) is 0 Å². The molecule has 0 unspecified atom stereocenters. The molecule has 0 atom stereocenters. The summed E-state index contributed by atoms with van der Waals surface area (Å²) in [5.74, 6) is 0.954. The zero-order valence-corrected chi connectivity index (χ0v) is 15.8.